The first-order valence-electron chi connectivity index (χ1n) is 13.1. The van der Waals surface area contributed by atoms with E-state index in [0.29, 0.717) is 30.8 Å². The van der Waals surface area contributed by atoms with Crippen LogP contribution in [0.15, 0.2) is 89.2 Å². The standard InChI is InChI=1S/C30H30FN5O3S/c31-24-9-11-25(12-10-24)33-30-36(16-4-15-32-29(38)34-28(37)23-5-2-1-3-6-23)27(21-40-30)22-7-13-26(14-8-22)35-17-19-39-20-18-35/h1-3,5-14,21H,4,15-20H2,(H2,32,34,37,38). The highest BCUT2D eigenvalue weighted by atomic mass is 32.1. The van der Waals surface area contributed by atoms with Gasteiger partial charge in [0.05, 0.1) is 24.6 Å². The summed E-state index contributed by atoms with van der Waals surface area (Å²) >= 11 is 1.50. The number of urea groups is 1. The number of imide groups is 1. The fourth-order valence-corrected chi connectivity index (χ4v) is 5.36. The lowest BCUT2D eigenvalue weighted by Crippen LogP contribution is -2.40. The van der Waals surface area contributed by atoms with Gasteiger partial charge >= 0.3 is 6.03 Å². The van der Waals surface area contributed by atoms with Gasteiger partial charge in [0.2, 0.25) is 0 Å². The Morgan fingerprint density at radius 1 is 0.950 bits per heavy atom. The van der Waals surface area contributed by atoms with Gasteiger partial charge in [0, 0.05) is 42.8 Å². The second kappa shape index (κ2) is 13.2. The summed E-state index contributed by atoms with van der Waals surface area (Å²) in [5, 5.41) is 7.17. The Balaban J connectivity index is 1.29. The van der Waals surface area contributed by atoms with Crippen LogP contribution in [0.5, 0.6) is 0 Å². The summed E-state index contributed by atoms with van der Waals surface area (Å²) in [6.07, 6.45) is 0.610. The Morgan fingerprint density at radius 2 is 1.68 bits per heavy atom. The lowest BCUT2D eigenvalue weighted by atomic mass is 10.1. The highest BCUT2D eigenvalue weighted by Gasteiger charge is 2.14. The number of thiazole rings is 1. The molecule has 0 unspecified atom stereocenters. The molecular weight excluding hydrogens is 529 g/mol. The van der Waals surface area contributed by atoms with Gasteiger partial charge in [-0.05, 0) is 60.5 Å². The fraction of sp³-hybridized carbons (Fsp3) is 0.233. The van der Waals surface area contributed by atoms with Crippen LogP contribution in [0, 0.1) is 5.82 Å². The second-order valence-corrected chi connectivity index (χ2v) is 10.1. The number of hydrogen-bond acceptors (Lipinski definition) is 6. The molecule has 0 spiro atoms. The maximum absolute atomic E-state index is 13.4. The van der Waals surface area contributed by atoms with Gasteiger partial charge in [-0.1, -0.05) is 30.3 Å². The molecular formula is C30H30FN5O3S. The number of carbonyl (C=O) groups is 2. The molecule has 1 aliphatic rings. The molecule has 0 saturated carbocycles. The minimum Gasteiger partial charge on any atom is -0.378 e. The summed E-state index contributed by atoms with van der Waals surface area (Å²) in [5.74, 6) is -0.761. The number of hydrogen-bond donors (Lipinski definition) is 2. The molecule has 4 aromatic rings. The van der Waals surface area contributed by atoms with Crippen LogP contribution < -0.4 is 20.3 Å². The van der Waals surface area contributed by atoms with Crippen molar-refractivity contribution >= 4 is 34.6 Å². The van der Waals surface area contributed by atoms with Crippen molar-refractivity contribution in [3.05, 3.63) is 100 Å². The summed E-state index contributed by atoms with van der Waals surface area (Å²) in [6.45, 7) is 4.14. The van der Waals surface area contributed by atoms with Crippen LogP contribution in [0.2, 0.25) is 0 Å². The molecule has 3 aromatic carbocycles. The Labute approximate surface area is 235 Å². The van der Waals surface area contributed by atoms with Gasteiger partial charge in [-0.2, -0.15) is 0 Å². The van der Waals surface area contributed by atoms with E-state index in [1.54, 1.807) is 36.4 Å². The number of benzene rings is 3. The van der Waals surface area contributed by atoms with E-state index in [9.17, 15) is 14.0 Å². The molecule has 2 heterocycles. The number of halogens is 1. The normalized spacial score (nSPS) is 13.7. The highest BCUT2D eigenvalue weighted by Crippen LogP contribution is 2.25. The van der Waals surface area contributed by atoms with Gasteiger partial charge in [-0.15, -0.1) is 11.3 Å². The number of amides is 3. The molecule has 1 saturated heterocycles. The zero-order valence-electron chi connectivity index (χ0n) is 21.9. The van der Waals surface area contributed by atoms with E-state index in [1.165, 1.54) is 23.5 Å². The predicted molar refractivity (Wildman–Crippen MR) is 154 cm³/mol. The summed E-state index contributed by atoms with van der Waals surface area (Å²) in [4.78, 5) is 32.3. The zero-order chi connectivity index (χ0) is 27.7. The van der Waals surface area contributed by atoms with Crippen LogP contribution >= 0.6 is 11.3 Å². The molecule has 8 nitrogen and oxygen atoms in total. The number of anilines is 1. The van der Waals surface area contributed by atoms with Crippen LogP contribution in [0.4, 0.5) is 20.6 Å². The predicted octanol–water partition coefficient (Wildman–Crippen LogP) is 4.95. The number of nitrogens with one attached hydrogen (secondary N) is 2. The van der Waals surface area contributed by atoms with Crippen LogP contribution in [-0.4, -0.2) is 49.4 Å². The number of nitrogens with zero attached hydrogens (tertiary/aromatic N) is 3. The van der Waals surface area contributed by atoms with Crippen LogP contribution in [0.1, 0.15) is 16.8 Å². The Kier molecular flexibility index (Phi) is 9.00. The monoisotopic (exact) mass is 559 g/mol. The minimum absolute atomic E-state index is 0.311. The van der Waals surface area contributed by atoms with E-state index in [2.05, 4.69) is 49.7 Å². The largest absolute Gasteiger partial charge is 0.378 e. The first kappa shape index (κ1) is 27.3. The van der Waals surface area contributed by atoms with Crippen molar-refractivity contribution < 1.29 is 18.7 Å². The summed E-state index contributed by atoms with van der Waals surface area (Å²) in [5.41, 5.74) is 4.28. The molecule has 1 aromatic heterocycles. The third kappa shape index (κ3) is 7.02. The van der Waals surface area contributed by atoms with Crippen molar-refractivity contribution in [3.63, 3.8) is 0 Å². The van der Waals surface area contributed by atoms with E-state index >= 15 is 0 Å². The van der Waals surface area contributed by atoms with Crippen molar-refractivity contribution in [2.75, 3.05) is 37.7 Å². The average Bonchev–Trinajstić information content (AvgIpc) is 3.39. The van der Waals surface area contributed by atoms with Crippen molar-refractivity contribution in [3.8, 4) is 11.3 Å². The Morgan fingerprint density at radius 3 is 2.40 bits per heavy atom. The van der Waals surface area contributed by atoms with Gasteiger partial charge in [0.15, 0.2) is 4.80 Å². The molecule has 40 heavy (non-hydrogen) atoms. The topological polar surface area (TPSA) is 88.0 Å². The lowest BCUT2D eigenvalue weighted by Gasteiger charge is -2.28. The van der Waals surface area contributed by atoms with Gasteiger partial charge in [0.1, 0.15) is 5.82 Å². The number of ether oxygens (including phenoxy) is 1. The maximum atomic E-state index is 13.4. The van der Waals surface area contributed by atoms with Crippen molar-refractivity contribution in [1.29, 1.82) is 0 Å². The molecule has 5 rings (SSSR count). The molecule has 0 radical (unpaired) electrons. The number of aromatic nitrogens is 1. The molecule has 2 N–H and O–H groups in total. The third-order valence-corrected chi connectivity index (χ3v) is 7.36. The molecule has 1 fully saturated rings. The minimum atomic E-state index is -0.542. The number of rotatable bonds is 8. The molecule has 0 aliphatic carbocycles. The van der Waals surface area contributed by atoms with Crippen LogP contribution in [0.25, 0.3) is 11.3 Å². The van der Waals surface area contributed by atoms with E-state index < -0.39 is 11.9 Å². The highest BCUT2D eigenvalue weighted by molar-refractivity contribution is 7.07. The smallest absolute Gasteiger partial charge is 0.321 e. The average molecular weight is 560 g/mol. The van der Waals surface area contributed by atoms with E-state index in [0.717, 1.165) is 48.0 Å². The van der Waals surface area contributed by atoms with Crippen molar-refractivity contribution in [2.45, 2.75) is 13.0 Å². The van der Waals surface area contributed by atoms with Crippen LogP contribution in [-0.2, 0) is 11.3 Å². The SMILES string of the molecule is O=C(NCCCn1c(-c2ccc(N3CCOCC3)cc2)csc1=Nc1ccc(F)cc1)NC(=O)c1ccccc1. The quantitative estimate of drug-likeness (QED) is 0.299. The van der Waals surface area contributed by atoms with Gasteiger partial charge < -0.3 is 19.5 Å². The third-order valence-electron chi connectivity index (χ3n) is 6.50. The Hall–Kier alpha value is -4.28. The number of carbonyl (C=O) groups excluding carboxylic acids is 2. The molecule has 1 aliphatic heterocycles. The molecule has 10 heteroatoms. The van der Waals surface area contributed by atoms with E-state index in [4.69, 9.17) is 9.73 Å². The second-order valence-electron chi connectivity index (χ2n) is 9.22. The summed E-state index contributed by atoms with van der Waals surface area (Å²) in [6, 6.07) is 22.6. The maximum Gasteiger partial charge on any atom is 0.321 e. The summed E-state index contributed by atoms with van der Waals surface area (Å²) < 4.78 is 21.0. The lowest BCUT2D eigenvalue weighted by molar-refractivity contribution is 0.0964. The Bertz CT molecular complexity index is 1500. The molecule has 0 atom stereocenters. The molecule has 3 amide bonds. The first-order valence-corrected chi connectivity index (χ1v) is 14.0. The van der Waals surface area contributed by atoms with Crippen molar-refractivity contribution in [1.82, 2.24) is 15.2 Å². The first-order chi connectivity index (χ1) is 19.6. The summed E-state index contributed by atoms with van der Waals surface area (Å²) in [7, 11) is 0. The van der Waals surface area contributed by atoms with Gasteiger partial charge in [-0.3, -0.25) is 10.1 Å². The molecule has 0 bridgehead atoms. The van der Waals surface area contributed by atoms with Gasteiger partial charge in [-0.25, -0.2) is 14.2 Å². The zero-order valence-corrected chi connectivity index (χ0v) is 22.7. The van der Waals surface area contributed by atoms with E-state index in [1.807, 2.05) is 6.07 Å². The van der Waals surface area contributed by atoms with Gasteiger partial charge in [0.25, 0.3) is 5.91 Å². The molecule has 206 valence electrons. The fourth-order valence-electron chi connectivity index (χ4n) is 4.40. The van der Waals surface area contributed by atoms with Crippen LogP contribution in [0.3, 0.4) is 0 Å². The number of morpholine rings is 1. The van der Waals surface area contributed by atoms with Crippen molar-refractivity contribution in [2.24, 2.45) is 4.99 Å². The van der Waals surface area contributed by atoms with E-state index in [-0.39, 0.29) is 5.82 Å².